The Balaban J connectivity index is 0.000000273. The van der Waals surface area contributed by atoms with Gasteiger partial charge in [-0.15, -0.1) is 24.4 Å². The minimum Gasteiger partial charge on any atom is -0.458 e. The van der Waals surface area contributed by atoms with Crippen molar-refractivity contribution < 1.29 is 152 Å². The van der Waals surface area contributed by atoms with Crippen LogP contribution in [0.2, 0.25) is 0 Å². The molecule has 2 aromatic carbocycles. The molecule has 7 aromatic rings. The first-order chi connectivity index (χ1) is 70.6. The number of hydrogen-bond donors (Lipinski definition) is 18. The monoisotopic (exact) mass is 2080 g/mol. The second-order valence-corrected chi connectivity index (χ2v) is 35.7. The molecule has 0 aliphatic carbocycles. The highest BCUT2D eigenvalue weighted by Crippen LogP contribution is 2.44. The van der Waals surface area contributed by atoms with Gasteiger partial charge in [0, 0.05) is 97.2 Å². The number of aliphatic hydroxyl groups excluding tert-OH is 10. The number of rotatable bonds is 37. The number of ether oxygens (including phenoxy) is 13. The van der Waals surface area contributed by atoms with Crippen molar-refractivity contribution in [2.24, 2.45) is 16.6 Å². The Morgan fingerprint density at radius 3 is 1.37 bits per heavy atom. The number of terminal acetylenes is 3. The van der Waals surface area contributed by atoms with Crippen LogP contribution in [0.15, 0.2) is 69.4 Å². The molecule has 12 atom stereocenters. The topological polar surface area (TPSA) is 715 Å². The standard InChI is InChI=1S/C36H42N6O13.C29H29N3O7.C11H19NO3.C8H17NO3.C6H11N3O5.C6H11NO.C3H9NO/c1-3-20-21-11-19(5-6-25(21)38-28-22(20)14-41-26(28)12-24-23(32(41)47)17-53-34(48)36(24,50)4-2)54-35(49)37-7-8-51-9-10-52-16-18-13-42(40-39-18)33-31(46)30(45)29(44)27(15-43)55-33;1-4-11-37-12-7-10-30-28(35)39-17-8-9-23-19(13-17)18(5-2)20-15-32-24(25(20)31-23)14-22-21(26(32)33)16-38-27(34)29(22,36)6-3;1-5-8-14-9-6-7-12-10(13)15-11(2,3)4;1-8(2,3)12-7(11)9-5-4-6-10;7-9-8-6-5(13)4(12)3(11)2(1-10)14-6;1-2-5-8-6-3-4-7;4-2-1-3-5/h5-6,11-13,27,29-31,33,43-46,50H,3-4,7-10,14-17H2,1-2H3,(H,37,49);1,8-9,13-14,36H,5-7,10-12,15-16H2,2-3H3,(H,30,35);1H,6-9H2,2-4H3,(H,12,13);10H,4-6H2,1-3H3,(H,9,11);2-6,10-13H,1H2;1H,3-7H2;5H,1-4H2/t27-,29-,30+,31-,33-,36-;29-;;;2-,3-,4+,5-,6-;;/m00..0../s1. The van der Waals surface area contributed by atoms with Crippen molar-refractivity contribution in [2.75, 3.05) is 125 Å². The van der Waals surface area contributed by atoms with Crippen LogP contribution in [-0.4, -0.2) is 323 Å². The van der Waals surface area contributed by atoms with Gasteiger partial charge in [-0.1, -0.05) is 55.8 Å². The van der Waals surface area contributed by atoms with Crippen molar-refractivity contribution in [3.8, 4) is 71.3 Å². The van der Waals surface area contributed by atoms with Crippen LogP contribution in [0.1, 0.15) is 171 Å². The first-order valence-corrected chi connectivity index (χ1v) is 48.1. The molecule has 0 saturated carbocycles. The molecule has 49 heteroatoms. The SMILES string of the molecule is C#CCOCCCN.C#CCOCCCNC(=O)OC(C)(C)C.C#CCOCCCNC(=O)Oc1ccc2nc3c(c(CC)c2c1)Cn1c-3cc2c(c1=O)COC(=O)[C@]2(O)CC.CC(C)(C)OC(=O)NCCCO.CCc1c2c(nc3ccc(OC(=O)NCCOCCOCc4cn([C@H]5O[C@@H](CO)[C@H](O)[C@@H](O)[C@@H]5O)nn4)cc13)-c1cc3c(c(=O)n1C2)COC(=O)[C@]3(O)CC.NCCCO.[N-]=[N+]=N[C@H]1O[C@@H](CO)[C@H](O)[C@@H](O)[C@@H]1O. The molecule has 0 spiro atoms. The zero-order valence-corrected chi connectivity index (χ0v) is 84.6. The number of carbonyl (C=O) groups excluding carboxylic acids is 6. The van der Waals surface area contributed by atoms with Gasteiger partial charge in [0.2, 0.25) is 0 Å². The number of pyridine rings is 4. The zero-order valence-electron chi connectivity index (χ0n) is 84.6. The molecule has 49 nitrogen and oxygen atoms in total. The van der Waals surface area contributed by atoms with Crippen LogP contribution in [0.5, 0.6) is 11.5 Å². The van der Waals surface area contributed by atoms with E-state index in [-0.39, 0.29) is 119 Å². The van der Waals surface area contributed by atoms with Gasteiger partial charge in [0.25, 0.3) is 11.1 Å². The van der Waals surface area contributed by atoms with Gasteiger partial charge in [-0.3, -0.25) is 9.59 Å². The number of cyclic esters (lactones) is 2. The molecule has 13 rings (SSSR count). The summed E-state index contributed by atoms with van der Waals surface area (Å²) < 4.78 is 72.2. The summed E-state index contributed by atoms with van der Waals surface area (Å²) in [7, 11) is 0. The van der Waals surface area contributed by atoms with Crippen LogP contribution in [-0.2, 0) is 119 Å². The molecule has 5 aromatic heterocycles. The fourth-order valence-corrected chi connectivity index (χ4v) is 15.5. The normalized spacial score (nSPS) is 20.3. The highest BCUT2D eigenvalue weighted by atomic mass is 16.6. The second-order valence-electron chi connectivity index (χ2n) is 35.7. The van der Waals surface area contributed by atoms with Crippen LogP contribution in [0.3, 0.4) is 0 Å². The van der Waals surface area contributed by atoms with Crippen LogP contribution < -0.4 is 53.3 Å². The largest absolute Gasteiger partial charge is 0.458 e. The van der Waals surface area contributed by atoms with E-state index in [1.165, 1.54) is 10.9 Å². The summed E-state index contributed by atoms with van der Waals surface area (Å²) in [6, 6.07) is 13.7. The Labute approximate surface area is 854 Å². The van der Waals surface area contributed by atoms with Gasteiger partial charge in [0.05, 0.1) is 104 Å². The average molecular weight is 2080 g/mol. The van der Waals surface area contributed by atoms with Gasteiger partial charge in [0.15, 0.2) is 23.7 Å². The van der Waals surface area contributed by atoms with E-state index >= 15 is 0 Å². The lowest BCUT2D eigenvalue weighted by Gasteiger charge is -2.39. The van der Waals surface area contributed by atoms with Gasteiger partial charge in [-0.2, -0.15) is 0 Å². The predicted octanol–water partition coefficient (Wildman–Crippen LogP) is 2.15. The van der Waals surface area contributed by atoms with Crippen molar-refractivity contribution >= 4 is 58.1 Å². The summed E-state index contributed by atoms with van der Waals surface area (Å²) in [4.78, 5) is 111. The van der Waals surface area contributed by atoms with E-state index in [1.54, 1.807) is 92.3 Å². The summed E-state index contributed by atoms with van der Waals surface area (Å²) >= 11 is 0. The van der Waals surface area contributed by atoms with Crippen molar-refractivity contribution in [2.45, 2.75) is 244 Å². The van der Waals surface area contributed by atoms with E-state index in [0.29, 0.717) is 149 Å². The van der Waals surface area contributed by atoms with Gasteiger partial charge in [-0.25, -0.2) is 43.4 Å². The lowest BCUT2D eigenvalue weighted by molar-refractivity contribution is -0.254. The Morgan fingerprint density at radius 1 is 0.534 bits per heavy atom. The number of nitrogens with zero attached hydrogens (tertiary/aromatic N) is 10. The minimum atomic E-state index is -1.92. The summed E-state index contributed by atoms with van der Waals surface area (Å²) in [6.45, 7) is 23.6. The molecule has 0 bridgehead atoms. The van der Waals surface area contributed by atoms with E-state index in [0.717, 1.165) is 52.3 Å². The third-order valence-electron chi connectivity index (χ3n) is 22.8. The van der Waals surface area contributed by atoms with E-state index < -0.39 is 133 Å². The van der Waals surface area contributed by atoms with Crippen molar-refractivity contribution in [1.29, 1.82) is 0 Å². The lowest BCUT2D eigenvalue weighted by Crippen LogP contribution is -2.57. The van der Waals surface area contributed by atoms with Crippen molar-refractivity contribution in [3.05, 3.63) is 136 Å². The van der Waals surface area contributed by atoms with Gasteiger partial charge >= 0.3 is 36.3 Å². The van der Waals surface area contributed by atoms with Crippen LogP contribution in [0, 0.1) is 37.0 Å². The summed E-state index contributed by atoms with van der Waals surface area (Å²) in [5.74, 6) is 6.24. The summed E-state index contributed by atoms with van der Waals surface area (Å²) in [6.07, 6.45) is 5.73. The van der Waals surface area contributed by atoms with Crippen LogP contribution in [0.25, 0.3) is 55.0 Å². The smallest absolute Gasteiger partial charge is 0.412 e. The zero-order chi connectivity index (χ0) is 109. The Kier molecular flexibility index (Phi) is 49.8. The number of benzene rings is 2. The van der Waals surface area contributed by atoms with E-state index in [4.69, 9.17) is 123 Å². The number of amides is 4. The third-order valence-corrected chi connectivity index (χ3v) is 22.8. The van der Waals surface area contributed by atoms with Crippen molar-refractivity contribution in [3.63, 3.8) is 0 Å². The Morgan fingerprint density at radius 2 is 0.959 bits per heavy atom. The first kappa shape index (κ1) is 122. The van der Waals surface area contributed by atoms with Gasteiger partial charge in [0.1, 0.15) is 110 Å². The van der Waals surface area contributed by atoms with Gasteiger partial charge in [-0.05, 0) is 178 Å². The van der Waals surface area contributed by atoms with Crippen LogP contribution >= 0.6 is 0 Å². The highest BCUT2D eigenvalue weighted by molar-refractivity contribution is 5.92. The third kappa shape index (κ3) is 34.0. The van der Waals surface area contributed by atoms with Gasteiger partial charge < -0.3 is 165 Å². The average Bonchev–Trinajstić information content (AvgIpc) is 1.55. The number of aromatic nitrogens is 7. The molecule has 4 amide bonds. The fraction of sp³-hybridized carbons (Fsp3) is 0.576. The molecule has 0 unspecified atom stereocenters. The number of aliphatic hydroxyl groups is 12. The predicted molar refractivity (Wildman–Crippen MR) is 531 cm³/mol. The number of nitrogens with one attached hydrogen (secondary N) is 4. The number of nitrogens with two attached hydrogens (primary N) is 2. The molecule has 2 saturated heterocycles. The molecule has 812 valence electrons. The Hall–Kier alpha value is -12.5. The molecular formula is C99H138N16O33. The number of azide groups is 1. The number of fused-ring (bicyclic) bond motifs is 10. The molecular weight excluding hydrogens is 1940 g/mol. The molecule has 0 radical (unpaired) electrons. The molecule has 20 N–H and O–H groups in total. The maximum atomic E-state index is 13.6. The second kappa shape index (κ2) is 60.2. The maximum Gasteiger partial charge on any atom is 0.412 e. The van der Waals surface area contributed by atoms with E-state index in [2.05, 4.69) is 59.4 Å². The Bertz CT molecular complexity index is 5860. The molecule has 11 heterocycles. The molecule has 6 aliphatic heterocycles. The van der Waals surface area contributed by atoms with Crippen molar-refractivity contribution in [1.82, 2.24) is 55.4 Å². The number of hydrogen-bond acceptors (Lipinski definition) is 40. The quantitative estimate of drug-likeness (QED) is 0.00504. The minimum absolute atomic E-state index is 0.0496. The lowest BCUT2D eigenvalue weighted by atomic mass is 9.86. The number of alkyl carbamates (subject to hydrolysis) is 2. The van der Waals surface area contributed by atoms with E-state index in [9.17, 15) is 84.3 Å². The maximum absolute atomic E-state index is 13.6. The fourth-order valence-electron chi connectivity index (χ4n) is 15.5. The summed E-state index contributed by atoms with van der Waals surface area (Å²) in [5, 5.41) is 138. The molecule has 6 aliphatic rings. The molecule has 148 heavy (non-hydrogen) atoms. The highest BCUT2D eigenvalue weighted by Gasteiger charge is 2.49. The van der Waals surface area contributed by atoms with E-state index in [1.807, 2.05) is 34.6 Å². The first-order valence-electron chi connectivity index (χ1n) is 48.1. The number of aryl methyl sites for hydroxylation is 2. The number of carbonyl (C=O) groups is 6. The number of esters is 2. The van der Waals surface area contributed by atoms with Crippen LogP contribution in [0.4, 0.5) is 19.2 Å². The summed E-state index contributed by atoms with van der Waals surface area (Å²) in [5.41, 5.74) is 21.6. The molecule has 2 fully saturated rings.